The Balaban J connectivity index is 2.38. The monoisotopic (exact) mass is 176 g/mol. The molecular weight excluding hydrogens is 160 g/mol. The Hall–Kier alpha value is -0.860. The molecule has 3 N–H and O–H groups in total. The first-order valence-corrected chi connectivity index (χ1v) is 4.80. The summed E-state index contributed by atoms with van der Waals surface area (Å²) < 4.78 is 0. The van der Waals surface area contributed by atoms with Crippen LogP contribution in [-0.2, 0) is 5.54 Å². The maximum absolute atomic E-state index is 5.81. The Morgan fingerprint density at radius 1 is 1.46 bits per heavy atom. The lowest BCUT2D eigenvalue weighted by atomic mass is 9.79. The van der Waals surface area contributed by atoms with Crippen LogP contribution in [0.25, 0.3) is 0 Å². The highest BCUT2D eigenvalue weighted by Gasteiger charge is 2.37. The Morgan fingerprint density at radius 3 is 2.62 bits per heavy atom. The summed E-state index contributed by atoms with van der Waals surface area (Å²) in [7, 11) is 0. The third-order valence-electron chi connectivity index (χ3n) is 3.02. The minimum absolute atomic E-state index is 0.0747. The van der Waals surface area contributed by atoms with Crippen LogP contribution in [0.2, 0.25) is 0 Å². The lowest BCUT2D eigenvalue weighted by Gasteiger charge is -2.43. The van der Waals surface area contributed by atoms with Gasteiger partial charge in [0.15, 0.2) is 0 Å². The van der Waals surface area contributed by atoms with Gasteiger partial charge in [-0.05, 0) is 31.0 Å². The first-order valence-electron chi connectivity index (χ1n) is 4.80. The zero-order chi connectivity index (χ0) is 9.31. The molecular formula is C11H16N2. The second kappa shape index (κ2) is 3.13. The van der Waals surface area contributed by atoms with Gasteiger partial charge in [0.1, 0.15) is 0 Å². The van der Waals surface area contributed by atoms with Crippen LogP contribution in [0.5, 0.6) is 0 Å². The molecule has 2 heteroatoms. The second-order valence-corrected chi connectivity index (χ2v) is 3.78. The van der Waals surface area contributed by atoms with Gasteiger partial charge < -0.3 is 11.1 Å². The summed E-state index contributed by atoms with van der Waals surface area (Å²) in [4.78, 5) is 0. The minimum atomic E-state index is 0.0747. The van der Waals surface area contributed by atoms with E-state index in [4.69, 9.17) is 5.73 Å². The van der Waals surface area contributed by atoms with Crippen LogP contribution >= 0.6 is 0 Å². The summed E-state index contributed by atoms with van der Waals surface area (Å²) >= 11 is 0. The van der Waals surface area contributed by atoms with Gasteiger partial charge in [-0.25, -0.2) is 0 Å². The van der Waals surface area contributed by atoms with Gasteiger partial charge >= 0.3 is 0 Å². The first kappa shape index (κ1) is 8.73. The van der Waals surface area contributed by atoms with Gasteiger partial charge in [-0.1, -0.05) is 24.3 Å². The van der Waals surface area contributed by atoms with Crippen LogP contribution in [0, 0.1) is 6.92 Å². The Bertz CT molecular complexity index is 297. The third-order valence-corrected chi connectivity index (χ3v) is 3.02. The molecule has 1 aromatic rings. The van der Waals surface area contributed by atoms with Crippen molar-refractivity contribution in [1.82, 2.24) is 5.32 Å². The molecule has 2 rings (SSSR count). The highest BCUT2D eigenvalue weighted by Crippen LogP contribution is 2.31. The van der Waals surface area contributed by atoms with E-state index in [0.29, 0.717) is 6.54 Å². The van der Waals surface area contributed by atoms with E-state index in [2.05, 4.69) is 36.5 Å². The van der Waals surface area contributed by atoms with Gasteiger partial charge in [-0.2, -0.15) is 0 Å². The highest BCUT2D eigenvalue weighted by atomic mass is 15.1. The zero-order valence-electron chi connectivity index (χ0n) is 8.01. The maximum atomic E-state index is 5.81. The van der Waals surface area contributed by atoms with E-state index >= 15 is 0 Å². The number of aryl methyl sites for hydroxylation is 1. The van der Waals surface area contributed by atoms with Crippen LogP contribution < -0.4 is 11.1 Å². The number of nitrogens with two attached hydrogens (primary N) is 1. The summed E-state index contributed by atoms with van der Waals surface area (Å²) in [5.74, 6) is 0. The maximum Gasteiger partial charge on any atom is 0.0573 e. The fourth-order valence-corrected chi connectivity index (χ4v) is 2.05. The summed E-state index contributed by atoms with van der Waals surface area (Å²) in [6, 6.07) is 8.47. The predicted octanol–water partition coefficient (Wildman–Crippen LogP) is 1.14. The minimum Gasteiger partial charge on any atom is -0.328 e. The molecule has 0 aliphatic carbocycles. The predicted molar refractivity (Wildman–Crippen MR) is 54.5 cm³/mol. The Labute approximate surface area is 79.1 Å². The average Bonchev–Trinajstić information content (AvgIpc) is 2.07. The van der Waals surface area contributed by atoms with Crippen LogP contribution in [-0.4, -0.2) is 13.1 Å². The van der Waals surface area contributed by atoms with E-state index in [-0.39, 0.29) is 5.54 Å². The van der Waals surface area contributed by atoms with Crippen LogP contribution in [0.15, 0.2) is 24.3 Å². The highest BCUT2D eigenvalue weighted by molar-refractivity contribution is 5.35. The zero-order valence-corrected chi connectivity index (χ0v) is 8.01. The largest absolute Gasteiger partial charge is 0.328 e. The third kappa shape index (κ3) is 1.26. The lowest BCUT2D eigenvalue weighted by Crippen LogP contribution is -2.58. The molecule has 1 atom stereocenters. The van der Waals surface area contributed by atoms with Gasteiger partial charge in [-0.15, -0.1) is 0 Å². The molecule has 0 amide bonds. The van der Waals surface area contributed by atoms with Crippen molar-refractivity contribution in [2.45, 2.75) is 18.9 Å². The quantitative estimate of drug-likeness (QED) is 0.709. The van der Waals surface area contributed by atoms with E-state index in [1.165, 1.54) is 11.1 Å². The molecule has 0 radical (unpaired) electrons. The van der Waals surface area contributed by atoms with Crippen molar-refractivity contribution in [3.63, 3.8) is 0 Å². The smallest absolute Gasteiger partial charge is 0.0573 e. The molecule has 1 saturated heterocycles. The molecule has 70 valence electrons. The van der Waals surface area contributed by atoms with Crippen molar-refractivity contribution >= 4 is 0 Å². The van der Waals surface area contributed by atoms with E-state index in [9.17, 15) is 0 Å². The van der Waals surface area contributed by atoms with Crippen molar-refractivity contribution in [1.29, 1.82) is 0 Å². The molecule has 0 bridgehead atoms. The van der Waals surface area contributed by atoms with Gasteiger partial charge in [0, 0.05) is 6.54 Å². The molecule has 1 heterocycles. The molecule has 13 heavy (non-hydrogen) atoms. The second-order valence-electron chi connectivity index (χ2n) is 3.78. The molecule has 1 unspecified atom stereocenters. The molecule has 0 aromatic heterocycles. The van der Waals surface area contributed by atoms with E-state index < -0.39 is 0 Å². The van der Waals surface area contributed by atoms with E-state index in [0.717, 1.165) is 13.0 Å². The average molecular weight is 176 g/mol. The number of hydrogen-bond donors (Lipinski definition) is 2. The fourth-order valence-electron chi connectivity index (χ4n) is 2.05. The summed E-state index contributed by atoms with van der Waals surface area (Å²) in [5, 5.41) is 3.44. The van der Waals surface area contributed by atoms with Crippen molar-refractivity contribution in [2.75, 3.05) is 13.1 Å². The molecule has 0 saturated carbocycles. The van der Waals surface area contributed by atoms with Gasteiger partial charge in [0.05, 0.1) is 5.54 Å². The molecule has 1 aliphatic rings. The number of benzene rings is 1. The molecule has 1 fully saturated rings. The topological polar surface area (TPSA) is 38.0 Å². The summed E-state index contributed by atoms with van der Waals surface area (Å²) in [6.07, 6.45) is 1.16. The molecule has 2 nitrogen and oxygen atoms in total. The van der Waals surface area contributed by atoms with Crippen molar-refractivity contribution in [3.8, 4) is 0 Å². The van der Waals surface area contributed by atoms with Crippen LogP contribution in [0.4, 0.5) is 0 Å². The van der Waals surface area contributed by atoms with Crippen molar-refractivity contribution in [3.05, 3.63) is 35.4 Å². The number of hydrogen-bond acceptors (Lipinski definition) is 2. The normalized spacial score (nSPS) is 26.9. The molecule has 1 aromatic carbocycles. The van der Waals surface area contributed by atoms with Gasteiger partial charge in [-0.3, -0.25) is 0 Å². The first-order chi connectivity index (χ1) is 6.28. The summed E-state index contributed by atoms with van der Waals surface area (Å²) in [6.45, 7) is 3.93. The van der Waals surface area contributed by atoms with Gasteiger partial charge in [0.2, 0.25) is 0 Å². The number of nitrogens with one attached hydrogen (secondary N) is 1. The van der Waals surface area contributed by atoms with Gasteiger partial charge in [0.25, 0.3) is 0 Å². The van der Waals surface area contributed by atoms with Crippen molar-refractivity contribution in [2.24, 2.45) is 5.73 Å². The molecule has 0 spiro atoms. The lowest BCUT2D eigenvalue weighted by molar-refractivity contribution is 0.218. The number of rotatable bonds is 2. The fraction of sp³-hybridized carbons (Fsp3) is 0.455. The van der Waals surface area contributed by atoms with Crippen molar-refractivity contribution < 1.29 is 0 Å². The Kier molecular flexibility index (Phi) is 2.10. The van der Waals surface area contributed by atoms with Crippen LogP contribution in [0.3, 0.4) is 0 Å². The van der Waals surface area contributed by atoms with E-state index in [1.54, 1.807) is 0 Å². The Morgan fingerprint density at radius 2 is 2.15 bits per heavy atom. The van der Waals surface area contributed by atoms with Crippen LogP contribution in [0.1, 0.15) is 17.5 Å². The summed E-state index contributed by atoms with van der Waals surface area (Å²) in [5.41, 5.74) is 8.58. The SMILES string of the molecule is Cc1ccccc1C1(CN)CCN1. The molecule has 1 aliphatic heterocycles. The van der Waals surface area contributed by atoms with E-state index in [1.807, 2.05) is 0 Å². The standard InChI is InChI=1S/C11H16N2/c1-9-4-2-3-5-10(9)11(8-12)6-7-13-11/h2-5,13H,6-8,12H2,1H3.